The highest BCUT2D eigenvalue weighted by molar-refractivity contribution is 5.82. The van der Waals surface area contributed by atoms with Crippen molar-refractivity contribution in [3.05, 3.63) is 36.0 Å². The Bertz CT molecular complexity index is 420. The van der Waals surface area contributed by atoms with Crippen molar-refractivity contribution in [1.29, 1.82) is 0 Å². The number of rotatable bonds is 3. The third-order valence-corrected chi connectivity index (χ3v) is 1.99. The molecule has 0 saturated heterocycles. The molecule has 13 heavy (non-hydrogen) atoms. The van der Waals surface area contributed by atoms with Crippen molar-refractivity contribution in [3.8, 4) is 0 Å². The van der Waals surface area contributed by atoms with Crippen LogP contribution in [0.4, 0.5) is 0 Å². The zero-order valence-electron chi connectivity index (χ0n) is 6.99. The molecule has 0 radical (unpaired) electrons. The van der Waals surface area contributed by atoms with Gasteiger partial charge in [0.1, 0.15) is 6.61 Å². The van der Waals surface area contributed by atoms with E-state index in [4.69, 9.17) is 4.74 Å². The first-order valence-electron chi connectivity index (χ1n) is 4.02. The van der Waals surface area contributed by atoms with Crippen LogP contribution in [-0.2, 0) is 16.1 Å². The van der Waals surface area contributed by atoms with Gasteiger partial charge in [-0.05, 0) is 17.7 Å². The summed E-state index contributed by atoms with van der Waals surface area (Å²) in [5, 5.41) is 1.10. The van der Waals surface area contributed by atoms with Gasteiger partial charge in [0.05, 0.1) is 0 Å². The standard InChI is InChI=1S/C10H9NO2/c12-7-13-6-8-2-1-3-10-9(8)4-5-11-10/h1-5,7,11H,6H2. The van der Waals surface area contributed by atoms with Crippen molar-refractivity contribution in [3.63, 3.8) is 0 Å². The average molecular weight is 175 g/mol. The van der Waals surface area contributed by atoms with E-state index in [9.17, 15) is 4.79 Å². The Kier molecular flexibility index (Phi) is 2.00. The van der Waals surface area contributed by atoms with Crippen LogP contribution in [0.15, 0.2) is 30.5 Å². The van der Waals surface area contributed by atoms with Gasteiger partial charge >= 0.3 is 0 Å². The van der Waals surface area contributed by atoms with E-state index >= 15 is 0 Å². The summed E-state index contributed by atoms with van der Waals surface area (Å²) in [5.74, 6) is 0. The maximum Gasteiger partial charge on any atom is 0.293 e. The monoisotopic (exact) mass is 175 g/mol. The second kappa shape index (κ2) is 3.31. The molecule has 0 aliphatic rings. The van der Waals surface area contributed by atoms with Crippen molar-refractivity contribution >= 4 is 17.4 Å². The molecule has 1 heterocycles. The minimum Gasteiger partial charge on any atom is -0.463 e. The van der Waals surface area contributed by atoms with E-state index in [0.717, 1.165) is 16.5 Å². The quantitative estimate of drug-likeness (QED) is 0.723. The van der Waals surface area contributed by atoms with Gasteiger partial charge in [-0.2, -0.15) is 0 Å². The maximum atomic E-state index is 10.0. The van der Waals surface area contributed by atoms with Crippen LogP contribution in [0.25, 0.3) is 10.9 Å². The second-order valence-electron chi connectivity index (χ2n) is 2.76. The number of fused-ring (bicyclic) bond motifs is 1. The molecule has 3 nitrogen and oxygen atoms in total. The van der Waals surface area contributed by atoms with Crippen LogP contribution in [0.3, 0.4) is 0 Å². The largest absolute Gasteiger partial charge is 0.463 e. The summed E-state index contributed by atoms with van der Waals surface area (Å²) < 4.78 is 4.70. The molecule has 2 rings (SSSR count). The lowest BCUT2D eigenvalue weighted by Gasteiger charge is -2.00. The summed E-state index contributed by atoms with van der Waals surface area (Å²) in [6, 6.07) is 7.83. The van der Waals surface area contributed by atoms with Gasteiger partial charge in [0.25, 0.3) is 6.47 Å². The highest BCUT2D eigenvalue weighted by Crippen LogP contribution is 2.17. The predicted molar refractivity (Wildman–Crippen MR) is 49.2 cm³/mol. The SMILES string of the molecule is O=COCc1cccc2[nH]ccc12. The van der Waals surface area contributed by atoms with Gasteiger partial charge in [0, 0.05) is 17.1 Å². The van der Waals surface area contributed by atoms with Gasteiger partial charge < -0.3 is 9.72 Å². The van der Waals surface area contributed by atoms with Crippen LogP contribution in [-0.4, -0.2) is 11.5 Å². The fourth-order valence-electron chi connectivity index (χ4n) is 1.40. The molecular formula is C10H9NO2. The van der Waals surface area contributed by atoms with Gasteiger partial charge in [-0.25, -0.2) is 0 Å². The molecule has 3 heteroatoms. The fraction of sp³-hybridized carbons (Fsp3) is 0.100. The number of H-pyrrole nitrogens is 1. The number of carbonyl (C=O) groups is 1. The van der Waals surface area contributed by atoms with E-state index in [0.29, 0.717) is 13.1 Å². The highest BCUT2D eigenvalue weighted by atomic mass is 16.5. The molecule has 0 fully saturated rings. The molecule has 0 bridgehead atoms. The lowest BCUT2D eigenvalue weighted by atomic mass is 10.1. The molecule has 2 aromatic rings. The molecule has 1 aromatic carbocycles. The number of aromatic amines is 1. The molecule has 0 unspecified atom stereocenters. The number of aromatic nitrogens is 1. The zero-order chi connectivity index (χ0) is 9.10. The average Bonchev–Trinajstić information content (AvgIpc) is 2.62. The Labute approximate surface area is 75.3 Å². The molecule has 0 aliphatic carbocycles. The summed E-state index contributed by atoms with van der Waals surface area (Å²) in [5.41, 5.74) is 2.08. The van der Waals surface area contributed by atoms with Crippen LogP contribution in [0, 0.1) is 0 Å². The van der Waals surface area contributed by atoms with Crippen molar-refractivity contribution in [2.24, 2.45) is 0 Å². The third kappa shape index (κ3) is 1.40. The molecule has 0 spiro atoms. The normalized spacial score (nSPS) is 10.2. The van der Waals surface area contributed by atoms with Crippen LogP contribution >= 0.6 is 0 Å². The van der Waals surface area contributed by atoms with E-state index in [2.05, 4.69) is 4.98 Å². The molecule has 0 saturated carbocycles. The van der Waals surface area contributed by atoms with Gasteiger partial charge in [-0.1, -0.05) is 12.1 Å². The zero-order valence-corrected chi connectivity index (χ0v) is 6.99. The van der Waals surface area contributed by atoms with E-state index in [-0.39, 0.29) is 0 Å². The van der Waals surface area contributed by atoms with E-state index in [1.807, 2.05) is 30.5 Å². The first-order chi connectivity index (χ1) is 6.42. The first-order valence-corrected chi connectivity index (χ1v) is 4.02. The smallest absolute Gasteiger partial charge is 0.293 e. The maximum absolute atomic E-state index is 10.0. The summed E-state index contributed by atoms with van der Waals surface area (Å²) >= 11 is 0. The minimum atomic E-state index is 0.332. The van der Waals surface area contributed by atoms with Gasteiger partial charge in [0.15, 0.2) is 0 Å². The number of benzene rings is 1. The fourth-order valence-corrected chi connectivity index (χ4v) is 1.40. The number of hydrogen-bond acceptors (Lipinski definition) is 2. The molecular weight excluding hydrogens is 166 g/mol. The van der Waals surface area contributed by atoms with E-state index < -0.39 is 0 Å². The second-order valence-corrected chi connectivity index (χ2v) is 2.76. The Balaban J connectivity index is 2.42. The van der Waals surface area contributed by atoms with Gasteiger partial charge in [-0.3, -0.25) is 4.79 Å². The third-order valence-electron chi connectivity index (χ3n) is 1.99. The number of hydrogen-bond donors (Lipinski definition) is 1. The van der Waals surface area contributed by atoms with Crippen molar-refractivity contribution in [1.82, 2.24) is 4.98 Å². The highest BCUT2D eigenvalue weighted by Gasteiger charge is 2.00. The summed E-state index contributed by atoms with van der Waals surface area (Å²) in [4.78, 5) is 13.1. The van der Waals surface area contributed by atoms with E-state index in [1.165, 1.54) is 0 Å². The van der Waals surface area contributed by atoms with Gasteiger partial charge in [0.2, 0.25) is 0 Å². The summed E-state index contributed by atoms with van der Waals surface area (Å²) in [6.07, 6.45) is 1.87. The Morgan fingerprint density at radius 2 is 2.31 bits per heavy atom. The van der Waals surface area contributed by atoms with E-state index in [1.54, 1.807) is 0 Å². The molecule has 66 valence electrons. The van der Waals surface area contributed by atoms with Crippen LogP contribution in [0.1, 0.15) is 5.56 Å². The Hall–Kier alpha value is -1.77. The number of carbonyl (C=O) groups excluding carboxylic acids is 1. The Morgan fingerprint density at radius 3 is 3.15 bits per heavy atom. The summed E-state index contributed by atoms with van der Waals surface area (Å²) in [7, 11) is 0. The van der Waals surface area contributed by atoms with Crippen LogP contribution in [0.5, 0.6) is 0 Å². The van der Waals surface area contributed by atoms with Crippen molar-refractivity contribution < 1.29 is 9.53 Å². The summed E-state index contributed by atoms with van der Waals surface area (Å²) in [6.45, 7) is 0.796. The van der Waals surface area contributed by atoms with Crippen LogP contribution < -0.4 is 0 Å². The van der Waals surface area contributed by atoms with Crippen molar-refractivity contribution in [2.75, 3.05) is 0 Å². The van der Waals surface area contributed by atoms with Crippen LogP contribution in [0.2, 0.25) is 0 Å². The Morgan fingerprint density at radius 1 is 1.38 bits per heavy atom. The van der Waals surface area contributed by atoms with Crippen molar-refractivity contribution in [2.45, 2.75) is 6.61 Å². The molecule has 1 N–H and O–H groups in total. The van der Waals surface area contributed by atoms with Gasteiger partial charge in [-0.15, -0.1) is 0 Å². The number of nitrogens with one attached hydrogen (secondary N) is 1. The molecule has 0 atom stereocenters. The minimum absolute atomic E-state index is 0.332. The first kappa shape index (κ1) is 7.86. The molecule has 1 aromatic heterocycles. The lowest BCUT2D eigenvalue weighted by Crippen LogP contribution is -1.90. The lowest BCUT2D eigenvalue weighted by molar-refractivity contribution is -0.129. The predicted octanol–water partition coefficient (Wildman–Crippen LogP) is 1.84. The molecule has 0 amide bonds. The topological polar surface area (TPSA) is 42.1 Å². The molecule has 0 aliphatic heterocycles. The number of ether oxygens (including phenoxy) is 1.